The van der Waals surface area contributed by atoms with Gasteiger partial charge in [0.15, 0.2) is 0 Å². The van der Waals surface area contributed by atoms with E-state index in [9.17, 15) is 9.90 Å². The molecule has 3 rings (SSSR count). The molecule has 1 heterocycles. The van der Waals surface area contributed by atoms with Gasteiger partial charge in [0.05, 0.1) is 19.4 Å². The summed E-state index contributed by atoms with van der Waals surface area (Å²) in [5, 5.41) is 16.8. The molecule has 2 aromatic rings. The number of ether oxygens (including phenoxy) is 1. The first-order chi connectivity index (χ1) is 12.1. The summed E-state index contributed by atoms with van der Waals surface area (Å²) < 4.78 is 5.23. The largest absolute Gasteiger partial charge is 0.497 e. The molecule has 2 N–H and O–H groups in total. The molecule has 0 saturated heterocycles. The highest BCUT2D eigenvalue weighted by Gasteiger charge is 2.35. The van der Waals surface area contributed by atoms with Gasteiger partial charge in [-0.1, -0.05) is 25.0 Å². The Kier molecular flexibility index (Phi) is 5.08. The Labute approximate surface area is 147 Å². The Morgan fingerprint density at radius 2 is 2.12 bits per heavy atom. The number of methoxy groups -OCH3 is 1. The van der Waals surface area contributed by atoms with Crippen LogP contribution in [0.1, 0.15) is 36.2 Å². The Morgan fingerprint density at radius 1 is 1.36 bits per heavy atom. The van der Waals surface area contributed by atoms with Crippen LogP contribution in [0, 0.1) is 5.41 Å². The van der Waals surface area contributed by atoms with E-state index in [0.29, 0.717) is 17.9 Å². The quantitative estimate of drug-likeness (QED) is 0.845. The summed E-state index contributed by atoms with van der Waals surface area (Å²) in [6.07, 6.45) is 4.18. The van der Waals surface area contributed by atoms with Crippen molar-refractivity contribution in [3.8, 4) is 17.0 Å². The fourth-order valence-corrected chi connectivity index (χ4v) is 3.63. The summed E-state index contributed by atoms with van der Waals surface area (Å²) in [7, 11) is 3.40. The van der Waals surface area contributed by atoms with Gasteiger partial charge in [-0.25, -0.2) is 0 Å². The molecule has 0 atom stereocenters. The van der Waals surface area contributed by atoms with Gasteiger partial charge in [0.2, 0.25) is 0 Å². The average molecular weight is 343 g/mol. The lowest BCUT2D eigenvalue weighted by Gasteiger charge is -2.31. The number of nitrogens with one attached hydrogen (secondary N) is 1. The molecule has 6 heteroatoms. The van der Waals surface area contributed by atoms with Gasteiger partial charge >= 0.3 is 0 Å². The van der Waals surface area contributed by atoms with Gasteiger partial charge in [0.25, 0.3) is 5.91 Å². The molecule has 1 amide bonds. The van der Waals surface area contributed by atoms with E-state index in [1.54, 1.807) is 25.1 Å². The summed E-state index contributed by atoms with van der Waals surface area (Å²) >= 11 is 0. The second-order valence-corrected chi connectivity index (χ2v) is 6.93. The van der Waals surface area contributed by atoms with E-state index in [4.69, 9.17) is 4.74 Å². The molecule has 0 aliphatic heterocycles. The Morgan fingerprint density at radius 3 is 2.80 bits per heavy atom. The standard InChI is InChI=1S/C19H25N3O3/c1-22(12-19(13-23)8-3-4-9-19)18(24)17-11-16(20-21-17)14-6-5-7-15(10-14)25-2/h5-7,10-11,23H,3-4,8-9,12-13H2,1-2H3,(H,20,21). The van der Waals surface area contributed by atoms with Crippen molar-refractivity contribution >= 4 is 5.91 Å². The maximum absolute atomic E-state index is 12.7. The van der Waals surface area contributed by atoms with E-state index in [1.807, 2.05) is 24.3 Å². The number of aromatic nitrogens is 2. The predicted molar refractivity (Wildman–Crippen MR) is 95.5 cm³/mol. The van der Waals surface area contributed by atoms with Crippen molar-refractivity contribution in [2.24, 2.45) is 5.41 Å². The summed E-state index contributed by atoms with van der Waals surface area (Å²) in [6, 6.07) is 9.32. The molecule has 6 nitrogen and oxygen atoms in total. The van der Waals surface area contributed by atoms with E-state index in [2.05, 4.69) is 10.2 Å². The molecular formula is C19H25N3O3. The number of aliphatic hydroxyl groups excluding tert-OH is 1. The van der Waals surface area contributed by atoms with E-state index >= 15 is 0 Å². The molecule has 1 aromatic carbocycles. The summed E-state index contributed by atoms with van der Waals surface area (Å²) in [6.45, 7) is 0.693. The van der Waals surface area contributed by atoms with Gasteiger partial charge in [0.1, 0.15) is 11.4 Å². The van der Waals surface area contributed by atoms with Crippen LogP contribution in [0.5, 0.6) is 5.75 Å². The van der Waals surface area contributed by atoms with Gasteiger partial charge in [-0.2, -0.15) is 5.10 Å². The lowest BCUT2D eigenvalue weighted by atomic mass is 9.86. The number of H-pyrrole nitrogens is 1. The number of hydrogen-bond acceptors (Lipinski definition) is 4. The fraction of sp³-hybridized carbons (Fsp3) is 0.474. The van der Waals surface area contributed by atoms with E-state index in [0.717, 1.165) is 37.0 Å². The minimum absolute atomic E-state index is 0.110. The van der Waals surface area contributed by atoms with Crippen molar-refractivity contribution in [2.45, 2.75) is 25.7 Å². The third-order valence-corrected chi connectivity index (χ3v) is 5.09. The second kappa shape index (κ2) is 7.27. The summed E-state index contributed by atoms with van der Waals surface area (Å²) in [5.41, 5.74) is 1.89. The van der Waals surface area contributed by atoms with Crippen molar-refractivity contribution in [2.75, 3.05) is 27.3 Å². The van der Waals surface area contributed by atoms with Gasteiger partial charge < -0.3 is 14.7 Å². The number of nitrogens with zero attached hydrogens (tertiary/aromatic N) is 2. The fourth-order valence-electron chi connectivity index (χ4n) is 3.63. The van der Waals surface area contributed by atoms with Crippen LogP contribution in [0.2, 0.25) is 0 Å². The van der Waals surface area contributed by atoms with Crippen LogP contribution in [0.3, 0.4) is 0 Å². The first-order valence-corrected chi connectivity index (χ1v) is 8.63. The van der Waals surface area contributed by atoms with Crippen LogP contribution < -0.4 is 4.74 Å². The molecule has 134 valence electrons. The molecule has 0 bridgehead atoms. The van der Waals surface area contributed by atoms with Gasteiger partial charge in [0, 0.05) is 24.6 Å². The smallest absolute Gasteiger partial charge is 0.271 e. The highest BCUT2D eigenvalue weighted by molar-refractivity contribution is 5.93. The second-order valence-electron chi connectivity index (χ2n) is 6.93. The minimum atomic E-state index is -0.153. The molecule has 25 heavy (non-hydrogen) atoms. The molecule has 0 spiro atoms. The lowest BCUT2D eigenvalue weighted by Crippen LogP contribution is -2.39. The molecule has 1 saturated carbocycles. The van der Waals surface area contributed by atoms with Crippen LogP contribution in [0.4, 0.5) is 0 Å². The van der Waals surface area contributed by atoms with Crippen LogP contribution >= 0.6 is 0 Å². The zero-order valence-electron chi connectivity index (χ0n) is 14.8. The van der Waals surface area contributed by atoms with Crippen molar-refractivity contribution in [1.82, 2.24) is 15.1 Å². The Bertz CT molecular complexity index is 735. The SMILES string of the molecule is COc1cccc(-c2cc(C(=O)N(C)CC3(CO)CCCC3)[nH]n2)c1. The summed E-state index contributed by atoms with van der Waals surface area (Å²) in [5.74, 6) is 0.637. The van der Waals surface area contributed by atoms with Crippen molar-refractivity contribution in [3.63, 3.8) is 0 Å². The van der Waals surface area contributed by atoms with Crippen molar-refractivity contribution in [1.29, 1.82) is 0 Å². The average Bonchev–Trinajstić information content (AvgIpc) is 3.31. The van der Waals surface area contributed by atoms with Crippen molar-refractivity contribution < 1.29 is 14.6 Å². The first-order valence-electron chi connectivity index (χ1n) is 8.63. The molecule has 0 radical (unpaired) electrons. The van der Waals surface area contributed by atoms with Gasteiger partial charge in [-0.3, -0.25) is 9.89 Å². The molecular weight excluding hydrogens is 318 g/mol. The van der Waals surface area contributed by atoms with Crippen LogP contribution in [-0.2, 0) is 0 Å². The third kappa shape index (κ3) is 3.69. The highest BCUT2D eigenvalue weighted by Crippen LogP contribution is 2.38. The third-order valence-electron chi connectivity index (χ3n) is 5.09. The number of aliphatic hydroxyl groups is 1. The molecule has 1 aliphatic rings. The lowest BCUT2D eigenvalue weighted by molar-refractivity contribution is 0.0590. The van der Waals surface area contributed by atoms with Gasteiger partial charge in [-0.15, -0.1) is 0 Å². The number of rotatable bonds is 6. The zero-order chi connectivity index (χ0) is 17.9. The number of hydrogen-bond donors (Lipinski definition) is 2. The molecule has 0 unspecified atom stereocenters. The van der Waals surface area contributed by atoms with Crippen LogP contribution in [0.25, 0.3) is 11.3 Å². The first kappa shape index (κ1) is 17.5. The normalized spacial score (nSPS) is 16.0. The number of carbonyl (C=O) groups excluding carboxylic acids is 1. The molecule has 1 aromatic heterocycles. The van der Waals surface area contributed by atoms with Gasteiger partial charge in [-0.05, 0) is 31.0 Å². The van der Waals surface area contributed by atoms with Crippen LogP contribution in [-0.4, -0.2) is 53.4 Å². The van der Waals surface area contributed by atoms with E-state index in [1.165, 1.54) is 0 Å². The maximum atomic E-state index is 12.7. The Balaban J connectivity index is 1.73. The molecule has 1 fully saturated rings. The predicted octanol–water partition coefficient (Wildman–Crippen LogP) is 2.71. The van der Waals surface area contributed by atoms with Crippen molar-refractivity contribution in [3.05, 3.63) is 36.0 Å². The number of amides is 1. The number of aromatic amines is 1. The monoisotopic (exact) mass is 343 g/mol. The summed E-state index contributed by atoms with van der Waals surface area (Å²) in [4.78, 5) is 14.4. The molecule has 1 aliphatic carbocycles. The maximum Gasteiger partial charge on any atom is 0.271 e. The zero-order valence-corrected chi connectivity index (χ0v) is 14.8. The van der Waals surface area contributed by atoms with E-state index < -0.39 is 0 Å². The minimum Gasteiger partial charge on any atom is -0.497 e. The van der Waals surface area contributed by atoms with E-state index in [-0.39, 0.29) is 17.9 Å². The highest BCUT2D eigenvalue weighted by atomic mass is 16.5. The topological polar surface area (TPSA) is 78.5 Å². The Hall–Kier alpha value is -2.34. The van der Waals surface area contributed by atoms with Crippen LogP contribution in [0.15, 0.2) is 30.3 Å². The number of benzene rings is 1. The number of carbonyl (C=O) groups is 1.